The average Bonchev–Trinajstić information content (AvgIpc) is 3.06. The van der Waals surface area contributed by atoms with Gasteiger partial charge < -0.3 is 9.64 Å². The Morgan fingerprint density at radius 1 is 0.875 bits per heavy atom. The Kier molecular flexibility index (Phi) is 5.82. The van der Waals surface area contributed by atoms with E-state index in [-0.39, 0.29) is 11.8 Å². The lowest BCUT2D eigenvalue weighted by Gasteiger charge is -2.22. The summed E-state index contributed by atoms with van der Waals surface area (Å²) >= 11 is 0. The fourth-order valence-electron chi connectivity index (χ4n) is 4.08. The minimum atomic E-state index is -0.344. The molecule has 1 aliphatic heterocycles. The first-order valence-electron chi connectivity index (χ1n) is 10.5. The summed E-state index contributed by atoms with van der Waals surface area (Å²) in [7, 11) is 3.41. The fourth-order valence-corrected chi connectivity index (χ4v) is 4.08. The van der Waals surface area contributed by atoms with Crippen LogP contribution >= 0.6 is 0 Å². The van der Waals surface area contributed by atoms with Gasteiger partial charge in [-0.15, -0.1) is 0 Å². The van der Waals surface area contributed by atoms with Gasteiger partial charge in [0.25, 0.3) is 11.8 Å². The summed E-state index contributed by atoms with van der Waals surface area (Å²) in [6.07, 6.45) is 0. The molecule has 0 bridgehead atoms. The van der Waals surface area contributed by atoms with E-state index in [1.807, 2.05) is 92.5 Å². The van der Waals surface area contributed by atoms with Crippen LogP contribution in [0.2, 0.25) is 0 Å². The molecule has 5 heteroatoms. The molecule has 1 heterocycles. The lowest BCUT2D eigenvalue weighted by atomic mass is 10.0. The summed E-state index contributed by atoms with van der Waals surface area (Å²) in [5, 5.41) is 0. The van der Waals surface area contributed by atoms with Crippen LogP contribution in [-0.2, 0) is 16.1 Å². The molecule has 0 radical (unpaired) electrons. The molecule has 3 aromatic carbocycles. The van der Waals surface area contributed by atoms with Crippen molar-refractivity contribution in [2.24, 2.45) is 0 Å². The van der Waals surface area contributed by atoms with Crippen molar-refractivity contribution in [2.45, 2.75) is 20.4 Å². The van der Waals surface area contributed by atoms with Gasteiger partial charge >= 0.3 is 0 Å². The maximum Gasteiger partial charge on any atom is 0.282 e. The smallest absolute Gasteiger partial charge is 0.282 e. The standard InChI is InChI=1S/C27H26N2O3/c1-18-14-15-19(2)22(16-18)29-26(30)24(21-12-8-9-13-23(21)32-4)25(27(29)31)28(3)17-20-10-6-5-7-11-20/h5-16H,17H2,1-4H3. The lowest BCUT2D eigenvalue weighted by molar-refractivity contribution is -0.120. The lowest BCUT2D eigenvalue weighted by Crippen LogP contribution is -2.34. The minimum absolute atomic E-state index is 0.331. The number of para-hydroxylation sites is 1. The molecule has 0 fully saturated rings. The van der Waals surface area contributed by atoms with E-state index in [1.165, 1.54) is 4.90 Å². The number of amides is 2. The number of hydrogen-bond donors (Lipinski definition) is 0. The first kappa shape index (κ1) is 21.4. The molecule has 0 saturated carbocycles. The summed E-state index contributed by atoms with van der Waals surface area (Å²) in [5.41, 5.74) is 4.83. The maximum atomic E-state index is 13.8. The quantitative estimate of drug-likeness (QED) is 0.535. The van der Waals surface area contributed by atoms with Gasteiger partial charge in [0.05, 0.1) is 18.4 Å². The molecule has 4 rings (SSSR count). The molecule has 0 atom stereocenters. The van der Waals surface area contributed by atoms with E-state index >= 15 is 0 Å². The number of anilines is 1. The van der Waals surface area contributed by atoms with Crippen molar-refractivity contribution in [3.05, 3.63) is 101 Å². The zero-order chi connectivity index (χ0) is 22.8. The van der Waals surface area contributed by atoms with Gasteiger partial charge in [0.1, 0.15) is 11.4 Å². The minimum Gasteiger partial charge on any atom is -0.496 e. The molecular formula is C27H26N2O3. The van der Waals surface area contributed by atoms with Gasteiger partial charge in [-0.2, -0.15) is 0 Å². The average molecular weight is 427 g/mol. The van der Waals surface area contributed by atoms with Crippen LogP contribution in [0.1, 0.15) is 22.3 Å². The van der Waals surface area contributed by atoms with E-state index in [4.69, 9.17) is 4.74 Å². The third-order valence-corrected chi connectivity index (χ3v) is 5.69. The molecular weight excluding hydrogens is 400 g/mol. The van der Waals surface area contributed by atoms with Crippen molar-refractivity contribution in [2.75, 3.05) is 19.1 Å². The molecule has 5 nitrogen and oxygen atoms in total. The van der Waals surface area contributed by atoms with Crippen LogP contribution in [0.25, 0.3) is 5.57 Å². The highest BCUT2D eigenvalue weighted by Crippen LogP contribution is 2.39. The van der Waals surface area contributed by atoms with E-state index in [0.717, 1.165) is 16.7 Å². The number of benzene rings is 3. The number of aryl methyl sites for hydroxylation is 2. The summed E-state index contributed by atoms with van der Waals surface area (Å²) in [6.45, 7) is 4.35. The summed E-state index contributed by atoms with van der Waals surface area (Å²) < 4.78 is 5.54. The van der Waals surface area contributed by atoms with E-state index in [2.05, 4.69) is 0 Å². The molecule has 0 N–H and O–H groups in total. The number of hydrogen-bond acceptors (Lipinski definition) is 4. The Morgan fingerprint density at radius 2 is 1.56 bits per heavy atom. The third kappa shape index (κ3) is 3.78. The predicted molar refractivity (Wildman–Crippen MR) is 126 cm³/mol. The van der Waals surface area contributed by atoms with Crippen LogP contribution in [0.4, 0.5) is 5.69 Å². The molecule has 0 aromatic heterocycles. The monoisotopic (exact) mass is 426 g/mol. The van der Waals surface area contributed by atoms with Gasteiger partial charge in [0.2, 0.25) is 0 Å². The Hall–Kier alpha value is -3.86. The number of nitrogens with zero attached hydrogens (tertiary/aromatic N) is 2. The summed E-state index contributed by atoms with van der Waals surface area (Å²) in [6, 6.07) is 23.0. The highest BCUT2D eigenvalue weighted by molar-refractivity contribution is 6.45. The second-order valence-corrected chi connectivity index (χ2v) is 8.00. The Bertz CT molecular complexity index is 1210. The first-order chi connectivity index (χ1) is 15.4. The molecule has 3 aromatic rings. The summed E-state index contributed by atoms with van der Waals surface area (Å²) in [5.74, 6) is -0.122. The summed E-state index contributed by atoms with van der Waals surface area (Å²) in [4.78, 5) is 30.7. The van der Waals surface area contributed by atoms with Crippen LogP contribution in [-0.4, -0.2) is 30.9 Å². The highest BCUT2D eigenvalue weighted by Gasteiger charge is 2.43. The van der Waals surface area contributed by atoms with Crippen molar-refractivity contribution >= 4 is 23.1 Å². The van der Waals surface area contributed by atoms with Crippen molar-refractivity contribution in [1.82, 2.24) is 4.90 Å². The van der Waals surface area contributed by atoms with Gasteiger partial charge in [-0.1, -0.05) is 60.7 Å². The zero-order valence-electron chi connectivity index (χ0n) is 18.8. The topological polar surface area (TPSA) is 49.9 Å². The second kappa shape index (κ2) is 8.71. The molecule has 162 valence electrons. The SMILES string of the molecule is COc1ccccc1C1=C(N(C)Cc2ccccc2)C(=O)N(c2cc(C)ccc2C)C1=O. The number of likely N-dealkylation sites (N-methyl/N-ethyl adjacent to an activating group) is 1. The van der Waals surface area contributed by atoms with Gasteiger partial charge in [-0.3, -0.25) is 9.59 Å². The van der Waals surface area contributed by atoms with E-state index in [1.54, 1.807) is 13.2 Å². The van der Waals surface area contributed by atoms with E-state index in [9.17, 15) is 9.59 Å². The van der Waals surface area contributed by atoms with Gasteiger partial charge in [-0.05, 0) is 42.7 Å². The van der Waals surface area contributed by atoms with Crippen LogP contribution in [0.15, 0.2) is 78.5 Å². The van der Waals surface area contributed by atoms with Crippen LogP contribution in [0.5, 0.6) is 5.75 Å². The molecule has 2 amide bonds. The van der Waals surface area contributed by atoms with Gasteiger partial charge in [-0.25, -0.2) is 4.90 Å². The normalized spacial score (nSPS) is 13.7. The largest absolute Gasteiger partial charge is 0.496 e. The zero-order valence-corrected chi connectivity index (χ0v) is 18.8. The van der Waals surface area contributed by atoms with E-state index < -0.39 is 0 Å². The first-order valence-corrected chi connectivity index (χ1v) is 10.5. The van der Waals surface area contributed by atoms with Crippen molar-refractivity contribution in [3.63, 3.8) is 0 Å². The van der Waals surface area contributed by atoms with E-state index in [0.29, 0.717) is 34.8 Å². The number of methoxy groups -OCH3 is 1. The molecule has 0 aliphatic carbocycles. The van der Waals surface area contributed by atoms with Gasteiger partial charge in [0.15, 0.2) is 0 Å². The Balaban J connectivity index is 1.87. The Labute approximate surface area is 188 Å². The molecule has 0 saturated heterocycles. The number of ether oxygens (including phenoxy) is 1. The van der Waals surface area contributed by atoms with Crippen molar-refractivity contribution in [3.8, 4) is 5.75 Å². The van der Waals surface area contributed by atoms with Crippen molar-refractivity contribution < 1.29 is 14.3 Å². The van der Waals surface area contributed by atoms with Gasteiger partial charge in [0, 0.05) is 19.2 Å². The number of imide groups is 1. The highest BCUT2D eigenvalue weighted by atomic mass is 16.5. The molecule has 0 unspecified atom stereocenters. The molecule has 0 spiro atoms. The molecule has 1 aliphatic rings. The van der Waals surface area contributed by atoms with Crippen molar-refractivity contribution in [1.29, 1.82) is 0 Å². The predicted octanol–water partition coefficient (Wildman–Crippen LogP) is 4.73. The fraction of sp³-hybridized carbons (Fsp3) is 0.185. The third-order valence-electron chi connectivity index (χ3n) is 5.69. The number of carbonyl (C=O) groups is 2. The number of rotatable bonds is 6. The number of carbonyl (C=O) groups excluding carboxylic acids is 2. The maximum absolute atomic E-state index is 13.8. The van der Waals surface area contributed by atoms with Crippen LogP contribution in [0.3, 0.4) is 0 Å². The van der Waals surface area contributed by atoms with Crippen LogP contribution < -0.4 is 9.64 Å². The Morgan fingerprint density at radius 3 is 2.28 bits per heavy atom. The second-order valence-electron chi connectivity index (χ2n) is 8.00. The van der Waals surface area contributed by atoms with Crippen LogP contribution in [0, 0.1) is 13.8 Å². The molecule has 32 heavy (non-hydrogen) atoms.